The van der Waals surface area contributed by atoms with Crippen LogP contribution in [0.5, 0.6) is 11.5 Å². The molecule has 11 heteroatoms. The largest absolute Gasteiger partial charge is 0.508 e. The smallest absolute Gasteiger partial charge is 0.342 e. The van der Waals surface area contributed by atoms with Gasteiger partial charge in [0.15, 0.2) is 0 Å². The van der Waals surface area contributed by atoms with E-state index in [1.807, 2.05) is 7.11 Å². The van der Waals surface area contributed by atoms with Crippen LogP contribution in [0.25, 0.3) is 10.9 Å². The molecule has 1 fully saturated rings. The van der Waals surface area contributed by atoms with Crippen molar-refractivity contribution in [1.29, 1.82) is 0 Å². The summed E-state index contributed by atoms with van der Waals surface area (Å²) in [4.78, 5) is 30.3. The maximum atomic E-state index is 12.5. The van der Waals surface area contributed by atoms with Crippen molar-refractivity contribution < 1.29 is 34.0 Å². The zero-order chi connectivity index (χ0) is 32.5. The maximum Gasteiger partial charge on any atom is 0.342 e. The van der Waals surface area contributed by atoms with E-state index in [1.54, 1.807) is 26.1 Å². The summed E-state index contributed by atoms with van der Waals surface area (Å²) >= 11 is 3.35. The summed E-state index contributed by atoms with van der Waals surface area (Å²) in [5, 5.41) is 19.8. The van der Waals surface area contributed by atoms with Crippen LogP contribution in [0.4, 0.5) is 0 Å². The van der Waals surface area contributed by atoms with Crippen LogP contribution < -0.4 is 0 Å². The molecule has 0 bridgehead atoms. The fourth-order valence-electron chi connectivity index (χ4n) is 6.85. The van der Waals surface area contributed by atoms with E-state index in [4.69, 9.17) is 19.3 Å². The lowest BCUT2D eigenvalue weighted by Gasteiger charge is -2.53. The predicted molar refractivity (Wildman–Crippen MR) is 173 cm³/mol. The quantitative estimate of drug-likeness (QED) is 0.255. The minimum atomic E-state index is -0.581. The van der Waals surface area contributed by atoms with E-state index >= 15 is 0 Å². The van der Waals surface area contributed by atoms with Crippen LogP contribution in [0.1, 0.15) is 50.8 Å². The molecule has 0 amide bonds. The number of aromatic hydroxyl groups is 2. The molecule has 1 aliphatic carbocycles. The molecule has 3 atom stereocenters. The average molecular weight is 681 g/mol. The standard InChI is InChI=1S/C24H26BrN3O3.C10H12O4/c1-27-13-17-8-21-24(30-3,19-5-4-6-20(27)22(17)19)9-15(12-28(21)2)14-31-23(29)16-7-18(25)11-26-10-16;1-3-14-10(13)9-6(2)4-7(11)5-8(9)12/h4-7,10-11,13,15,21H,8-9,12,14H2,1-3H3;4-5,11-12H,3H2,1-2H3. The summed E-state index contributed by atoms with van der Waals surface area (Å²) in [6.45, 7) is 4.76. The van der Waals surface area contributed by atoms with Gasteiger partial charge in [-0.3, -0.25) is 9.88 Å². The molecule has 10 nitrogen and oxygen atoms in total. The molecule has 3 heterocycles. The molecule has 45 heavy (non-hydrogen) atoms. The van der Waals surface area contributed by atoms with Gasteiger partial charge in [0.1, 0.15) is 22.7 Å². The zero-order valence-corrected chi connectivity index (χ0v) is 27.6. The summed E-state index contributed by atoms with van der Waals surface area (Å²) < 4.78 is 19.8. The number of aryl methyl sites for hydroxylation is 2. The Hall–Kier alpha value is -3.93. The van der Waals surface area contributed by atoms with E-state index in [0.717, 1.165) is 29.9 Å². The first-order valence-electron chi connectivity index (χ1n) is 14.8. The first-order valence-corrected chi connectivity index (χ1v) is 15.6. The van der Waals surface area contributed by atoms with E-state index in [9.17, 15) is 14.7 Å². The van der Waals surface area contributed by atoms with Gasteiger partial charge in [-0.05, 0) is 84.6 Å². The van der Waals surface area contributed by atoms with E-state index in [1.165, 1.54) is 34.3 Å². The van der Waals surface area contributed by atoms with Crippen molar-refractivity contribution in [3.05, 3.63) is 87.3 Å². The van der Waals surface area contributed by atoms with Crippen molar-refractivity contribution in [3.63, 3.8) is 0 Å². The third kappa shape index (κ3) is 6.29. The normalized spacial score (nSPS) is 20.6. The van der Waals surface area contributed by atoms with Gasteiger partial charge >= 0.3 is 11.9 Å². The number of hydrogen-bond acceptors (Lipinski definition) is 9. The van der Waals surface area contributed by atoms with Crippen LogP contribution in [0.15, 0.2) is 59.5 Å². The lowest BCUT2D eigenvalue weighted by Crippen LogP contribution is -2.59. The Morgan fingerprint density at radius 3 is 2.58 bits per heavy atom. The number of nitrogens with zero attached hydrogens (tertiary/aromatic N) is 3. The third-order valence-corrected chi connectivity index (χ3v) is 9.14. The number of fused-ring (bicyclic) bond motifs is 2. The number of carbonyl (C=O) groups is 2. The molecule has 3 unspecified atom stereocenters. The Kier molecular flexibility index (Phi) is 9.52. The molecule has 0 spiro atoms. The second kappa shape index (κ2) is 13.2. The minimum Gasteiger partial charge on any atom is -0.508 e. The minimum absolute atomic E-state index is 0.0759. The summed E-state index contributed by atoms with van der Waals surface area (Å²) in [6, 6.07) is 11.0. The lowest BCUT2D eigenvalue weighted by atomic mass is 9.69. The molecular weight excluding hydrogens is 642 g/mol. The molecule has 1 aliphatic heterocycles. The number of esters is 2. The number of benzene rings is 2. The molecule has 0 radical (unpaired) electrons. The van der Waals surface area contributed by atoms with Gasteiger partial charge in [-0.15, -0.1) is 0 Å². The highest BCUT2D eigenvalue weighted by molar-refractivity contribution is 9.10. The zero-order valence-electron chi connectivity index (χ0n) is 26.0. The first-order chi connectivity index (χ1) is 21.5. The highest BCUT2D eigenvalue weighted by Crippen LogP contribution is 2.49. The van der Waals surface area contributed by atoms with Crippen molar-refractivity contribution in [3.8, 4) is 11.5 Å². The third-order valence-electron chi connectivity index (χ3n) is 8.70. The number of rotatable bonds is 6. The molecule has 6 rings (SSSR count). The second-order valence-electron chi connectivity index (χ2n) is 11.7. The summed E-state index contributed by atoms with van der Waals surface area (Å²) in [5.74, 6) is -1.09. The molecule has 238 valence electrons. The number of phenolic OH excluding ortho intramolecular Hbond substituents is 2. The van der Waals surface area contributed by atoms with Gasteiger partial charge in [0.25, 0.3) is 0 Å². The number of carbonyl (C=O) groups excluding carboxylic acids is 2. The van der Waals surface area contributed by atoms with Crippen molar-refractivity contribution in [2.24, 2.45) is 13.0 Å². The Bertz CT molecular complexity index is 1720. The molecule has 4 aromatic rings. The van der Waals surface area contributed by atoms with Crippen LogP contribution >= 0.6 is 15.9 Å². The number of aromatic nitrogens is 2. The van der Waals surface area contributed by atoms with Gasteiger partial charge in [0.2, 0.25) is 0 Å². The van der Waals surface area contributed by atoms with Crippen LogP contribution in [0.2, 0.25) is 0 Å². The highest BCUT2D eigenvalue weighted by atomic mass is 79.9. The van der Waals surface area contributed by atoms with Gasteiger partial charge in [-0.1, -0.05) is 12.1 Å². The SMILES string of the molecule is CCOC(=O)c1c(C)cc(O)cc1O.COC12CC(COC(=O)c3cncc(Br)c3)CN(C)C1Cc1cn(C)c3cccc2c13. The Morgan fingerprint density at radius 2 is 1.89 bits per heavy atom. The molecule has 2 N–H and O–H groups in total. The fourth-order valence-corrected chi connectivity index (χ4v) is 7.21. The van der Waals surface area contributed by atoms with Crippen LogP contribution in [0.3, 0.4) is 0 Å². The number of phenols is 2. The van der Waals surface area contributed by atoms with Crippen LogP contribution in [-0.2, 0) is 33.3 Å². The molecule has 2 aromatic heterocycles. The first kappa shape index (κ1) is 32.5. The number of methoxy groups -OCH3 is 1. The van der Waals surface area contributed by atoms with Crippen molar-refractivity contribution >= 4 is 38.8 Å². The topological polar surface area (TPSA) is 123 Å². The van der Waals surface area contributed by atoms with E-state index in [-0.39, 0.29) is 41.6 Å². The molecule has 1 saturated heterocycles. The van der Waals surface area contributed by atoms with Crippen LogP contribution in [-0.4, -0.2) is 76.6 Å². The molecule has 2 aliphatic rings. The fraction of sp³-hybridized carbons (Fsp3) is 0.382. The van der Waals surface area contributed by atoms with E-state index < -0.39 is 11.6 Å². The second-order valence-corrected chi connectivity index (χ2v) is 12.6. The van der Waals surface area contributed by atoms with E-state index in [2.05, 4.69) is 68.9 Å². The molecular formula is C34H38BrN3O7. The van der Waals surface area contributed by atoms with Gasteiger partial charge in [-0.25, -0.2) is 9.59 Å². The Balaban J connectivity index is 0.000000241. The van der Waals surface area contributed by atoms with Crippen molar-refractivity contribution in [2.45, 2.75) is 38.3 Å². The van der Waals surface area contributed by atoms with Crippen LogP contribution in [0, 0.1) is 12.8 Å². The van der Waals surface area contributed by atoms with Gasteiger partial charge in [0.05, 0.1) is 18.8 Å². The number of halogens is 1. The summed E-state index contributed by atoms with van der Waals surface area (Å²) in [7, 11) is 6.07. The number of likely N-dealkylation sites (tertiary alicyclic amines) is 1. The van der Waals surface area contributed by atoms with Gasteiger partial charge in [0, 0.05) is 72.7 Å². The summed E-state index contributed by atoms with van der Waals surface area (Å²) in [6.07, 6.45) is 7.20. The van der Waals surface area contributed by atoms with Gasteiger partial charge in [-0.2, -0.15) is 0 Å². The average Bonchev–Trinajstić information content (AvgIpc) is 3.32. The lowest BCUT2D eigenvalue weighted by molar-refractivity contribution is -0.131. The molecule has 0 saturated carbocycles. The predicted octanol–water partition coefficient (Wildman–Crippen LogP) is 5.49. The van der Waals surface area contributed by atoms with Gasteiger partial charge < -0.3 is 29.0 Å². The number of hydrogen-bond donors (Lipinski definition) is 2. The molecule has 2 aromatic carbocycles. The monoisotopic (exact) mass is 679 g/mol. The van der Waals surface area contributed by atoms with Crippen molar-refractivity contribution in [2.75, 3.05) is 33.9 Å². The Labute approximate surface area is 270 Å². The van der Waals surface area contributed by atoms with Crippen molar-refractivity contribution in [1.82, 2.24) is 14.5 Å². The number of likely N-dealkylation sites (N-methyl/N-ethyl adjacent to an activating group) is 1. The highest BCUT2D eigenvalue weighted by Gasteiger charge is 2.51. The Morgan fingerprint density at radius 1 is 1.11 bits per heavy atom. The number of pyridine rings is 1. The van der Waals surface area contributed by atoms with E-state index in [0.29, 0.717) is 17.7 Å². The maximum absolute atomic E-state index is 12.5. The summed E-state index contributed by atoms with van der Waals surface area (Å²) in [5.41, 5.74) is 4.48. The number of ether oxygens (including phenoxy) is 3. The number of piperidine rings is 1.